The van der Waals surface area contributed by atoms with Gasteiger partial charge in [0.05, 0.1) is 5.60 Å². The summed E-state index contributed by atoms with van der Waals surface area (Å²) >= 11 is 3.38. The highest BCUT2D eigenvalue weighted by atomic mass is 79.9. The molecule has 0 radical (unpaired) electrons. The molecule has 2 N–H and O–H groups in total. The average molecular weight is 330 g/mol. The molecule has 0 saturated heterocycles. The second kappa shape index (κ2) is 5.51. The van der Waals surface area contributed by atoms with Crippen LogP contribution in [0.5, 0.6) is 0 Å². The number of nitrogens with one attached hydrogen (secondary N) is 1. The molecule has 1 aromatic rings. The van der Waals surface area contributed by atoms with E-state index in [-0.39, 0.29) is 0 Å². The molecule has 0 bridgehead atoms. The Balaban J connectivity index is 2.89. The Labute approximate surface area is 122 Å². The molecule has 0 aliphatic rings. The van der Waals surface area contributed by atoms with Crippen molar-refractivity contribution < 1.29 is 14.6 Å². The van der Waals surface area contributed by atoms with Crippen LogP contribution in [-0.4, -0.2) is 16.8 Å². The van der Waals surface area contributed by atoms with Crippen molar-refractivity contribution in [2.75, 3.05) is 5.32 Å². The molecule has 0 saturated carbocycles. The fourth-order valence-electron chi connectivity index (χ4n) is 1.49. The maximum atomic E-state index is 11.7. The highest BCUT2D eigenvalue weighted by Gasteiger charge is 2.21. The summed E-state index contributed by atoms with van der Waals surface area (Å²) in [7, 11) is 0. The van der Waals surface area contributed by atoms with Crippen molar-refractivity contribution in [2.24, 2.45) is 0 Å². The van der Waals surface area contributed by atoms with Crippen LogP contribution < -0.4 is 5.32 Å². The number of rotatable bonds is 2. The van der Waals surface area contributed by atoms with Crippen molar-refractivity contribution in [2.45, 2.75) is 45.8 Å². The molecule has 0 aromatic heterocycles. The van der Waals surface area contributed by atoms with Crippen LogP contribution in [-0.2, 0) is 10.3 Å². The van der Waals surface area contributed by atoms with Crippen LogP contribution in [0.25, 0.3) is 0 Å². The lowest BCUT2D eigenvalue weighted by molar-refractivity contribution is 0.0634. The fraction of sp³-hybridized carbons (Fsp3) is 0.500. The van der Waals surface area contributed by atoms with Crippen LogP contribution >= 0.6 is 15.9 Å². The quantitative estimate of drug-likeness (QED) is 0.861. The minimum atomic E-state index is -0.996. The molecule has 1 amide bonds. The SMILES string of the molecule is CC(C)(C)OC(=O)Nc1ccc(Br)c(C(C)(C)O)c1. The Morgan fingerprint density at radius 3 is 2.32 bits per heavy atom. The lowest BCUT2D eigenvalue weighted by Gasteiger charge is -2.22. The predicted molar refractivity (Wildman–Crippen MR) is 79.2 cm³/mol. The van der Waals surface area contributed by atoms with Crippen LogP contribution in [0.1, 0.15) is 40.2 Å². The van der Waals surface area contributed by atoms with E-state index in [9.17, 15) is 9.90 Å². The molecule has 0 spiro atoms. The van der Waals surface area contributed by atoms with E-state index in [1.807, 2.05) is 0 Å². The van der Waals surface area contributed by atoms with Crippen LogP contribution in [0.2, 0.25) is 0 Å². The number of anilines is 1. The number of halogens is 1. The summed E-state index contributed by atoms with van der Waals surface area (Å²) in [5, 5.41) is 12.7. The largest absolute Gasteiger partial charge is 0.444 e. The van der Waals surface area contributed by atoms with Crippen LogP contribution in [0.4, 0.5) is 10.5 Å². The number of ether oxygens (including phenoxy) is 1. The van der Waals surface area contributed by atoms with E-state index in [0.717, 1.165) is 4.47 Å². The minimum Gasteiger partial charge on any atom is -0.444 e. The number of amides is 1. The van der Waals surface area contributed by atoms with Gasteiger partial charge in [-0.15, -0.1) is 0 Å². The molecule has 5 heteroatoms. The van der Waals surface area contributed by atoms with E-state index < -0.39 is 17.3 Å². The maximum Gasteiger partial charge on any atom is 0.412 e. The second-order valence-corrected chi connectivity index (χ2v) is 6.73. The fourth-order valence-corrected chi connectivity index (χ4v) is 2.23. The van der Waals surface area contributed by atoms with E-state index in [1.165, 1.54) is 0 Å². The van der Waals surface area contributed by atoms with E-state index in [0.29, 0.717) is 11.3 Å². The van der Waals surface area contributed by atoms with Gasteiger partial charge in [-0.1, -0.05) is 15.9 Å². The molecule has 1 rings (SSSR count). The van der Waals surface area contributed by atoms with Gasteiger partial charge in [-0.25, -0.2) is 4.79 Å². The van der Waals surface area contributed by atoms with Crippen LogP contribution in [0, 0.1) is 0 Å². The third-order valence-electron chi connectivity index (χ3n) is 2.27. The lowest BCUT2D eigenvalue weighted by Crippen LogP contribution is -2.27. The molecule has 1 aromatic carbocycles. The number of aliphatic hydroxyl groups is 1. The van der Waals surface area contributed by atoms with Gasteiger partial charge in [0.15, 0.2) is 0 Å². The molecule has 0 unspecified atom stereocenters. The molecule has 0 aliphatic carbocycles. The molecule has 4 nitrogen and oxygen atoms in total. The summed E-state index contributed by atoms with van der Waals surface area (Å²) in [4.78, 5) is 11.7. The Morgan fingerprint density at radius 2 is 1.84 bits per heavy atom. The number of carbonyl (C=O) groups is 1. The second-order valence-electron chi connectivity index (χ2n) is 5.88. The van der Waals surface area contributed by atoms with E-state index in [4.69, 9.17) is 4.74 Å². The molecule has 0 heterocycles. The Morgan fingerprint density at radius 1 is 1.26 bits per heavy atom. The molecular formula is C14H20BrNO3. The van der Waals surface area contributed by atoms with Gasteiger partial charge < -0.3 is 9.84 Å². The van der Waals surface area contributed by atoms with Crippen LogP contribution in [0.15, 0.2) is 22.7 Å². The van der Waals surface area contributed by atoms with E-state index >= 15 is 0 Å². The standard InChI is InChI=1S/C14H20BrNO3/c1-13(2,3)19-12(17)16-9-6-7-11(15)10(8-9)14(4,5)18/h6-8,18H,1-5H3,(H,16,17). The number of carbonyl (C=O) groups excluding carboxylic acids is 1. The molecule has 0 aliphatic heterocycles. The first kappa shape index (κ1) is 16.0. The maximum absolute atomic E-state index is 11.7. The summed E-state index contributed by atoms with van der Waals surface area (Å²) in [6.45, 7) is 8.78. The molecule has 19 heavy (non-hydrogen) atoms. The van der Waals surface area contributed by atoms with Gasteiger partial charge in [-0.05, 0) is 58.4 Å². The normalized spacial score (nSPS) is 12.2. The molecule has 106 valence electrons. The summed E-state index contributed by atoms with van der Waals surface area (Å²) in [6, 6.07) is 5.23. The van der Waals surface area contributed by atoms with Crippen molar-refractivity contribution in [3.05, 3.63) is 28.2 Å². The number of hydrogen-bond donors (Lipinski definition) is 2. The van der Waals surface area contributed by atoms with Gasteiger partial charge in [-0.3, -0.25) is 5.32 Å². The van der Waals surface area contributed by atoms with Crippen molar-refractivity contribution in [1.82, 2.24) is 0 Å². The van der Waals surface area contributed by atoms with Crippen molar-refractivity contribution in [3.8, 4) is 0 Å². The lowest BCUT2D eigenvalue weighted by atomic mass is 9.98. The average Bonchev–Trinajstić information content (AvgIpc) is 2.16. The Hall–Kier alpha value is -1.07. The van der Waals surface area contributed by atoms with Crippen molar-refractivity contribution in [1.29, 1.82) is 0 Å². The third-order valence-corrected chi connectivity index (χ3v) is 2.96. The highest BCUT2D eigenvalue weighted by Crippen LogP contribution is 2.30. The molecule has 0 fully saturated rings. The van der Waals surface area contributed by atoms with Crippen molar-refractivity contribution >= 4 is 27.7 Å². The summed E-state index contributed by atoms with van der Waals surface area (Å²) in [6.07, 6.45) is -0.517. The zero-order valence-electron chi connectivity index (χ0n) is 11.9. The van der Waals surface area contributed by atoms with Gasteiger partial charge in [-0.2, -0.15) is 0 Å². The number of hydrogen-bond acceptors (Lipinski definition) is 3. The third kappa shape index (κ3) is 5.20. The zero-order valence-corrected chi connectivity index (χ0v) is 13.5. The highest BCUT2D eigenvalue weighted by molar-refractivity contribution is 9.10. The Kier molecular flexibility index (Phi) is 4.63. The monoisotopic (exact) mass is 329 g/mol. The summed E-state index contributed by atoms with van der Waals surface area (Å²) in [5.41, 5.74) is -0.265. The van der Waals surface area contributed by atoms with Crippen LogP contribution in [0.3, 0.4) is 0 Å². The van der Waals surface area contributed by atoms with Crippen molar-refractivity contribution in [3.63, 3.8) is 0 Å². The van der Waals surface area contributed by atoms with Gasteiger partial charge in [0.2, 0.25) is 0 Å². The minimum absolute atomic E-state index is 0.517. The predicted octanol–water partition coefficient (Wildman–Crippen LogP) is 4.02. The van der Waals surface area contributed by atoms with Gasteiger partial charge in [0.25, 0.3) is 0 Å². The molecular weight excluding hydrogens is 310 g/mol. The summed E-state index contributed by atoms with van der Waals surface area (Å²) in [5.74, 6) is 0. The first-order valence-corrected chi connectivity index (χ1v) is 6.81. The Bertz CT molecular complexity index is 473. The zero-order chi connectivity index (χ0) is 14.8. The van der Waals surface area contributed by atoms with Gasteiger partial charge in [0, 0.05) is 10.2 Å². The topological polar surface area (TPSA) is 58.6 Å². The first-order chi connectivity index (χ1) is 8.49. The van der Waals surface area contributed by atoms with Gasteiger partial charge >= 0.3 is 6.09 Å². The summed E-state index contributed by atoms with van der Waals surface area (Å²) < 4.78 is 5.96. The smallest absolute Gasteiger partial charge is 0.412 e. The van der Waals surface area contributed by atoms with E-state index in [2.05, 4.69) is 21.2 Å². The first-order valence-electron chi connectivity index (χ1n) is 6.01. The molecule has 0 atom stereocenters. The number of benzene rings is 1. The van der Waals surface area contributed by atoms with Gasteiger partial charge in [0.1, 0.15) is 5.60 Å². The van der Waals surface area contributed by atoms with E-state index in [1.54, 1.807) is 52.8 Å².